The number of amides is 1. The Hall–Kier alpha value is -1.80. The van der Waals surface area contributed by atoms with Gasteiger partial charge in [0.2, 0.25) is 10.0 Å². The number of benzene rings is 1. The van der Waals surface area contributed by atoms with Crippen molar-refractivity contribution in [2.45, 2.75) is 31.1 Å². The molecule has 1 aromatic carbocycles. The molecular formula is C17H26N2O5S. The van der Waals surface area contributed by atoms with E-state index in [4.69, 9.17) is 9.47 Å². The minimum atomic E-state index is -3.65. The highest BCUT2D eigenvalue weighted by Gasteiger charge is 2.26. The first kappa shape index (κ1) is 19.5. The van der Waals surface area contributed by atoms with Crippen molar-refractivity contribution in [1.29, 1.82) is 0 Å². The number of nitrogens with zero attached hydrogens (tertiary/aromatic N) is 1. The number of sulfonamides is 1. The predicted molar refractivity (Wildman–Crippen MR) is 94.3 cm³/mol. The number of hydrogen-bond acceptors (Lipinski definition) is 5. The first-order valence-electron chi connectivity index (χ1n) is 8.40. The average Bonchev–Trinajstić information content (AvgIpc) is 2.65. The summed E-state index contributed by atoms with van der Waals surface area (Å²) in [6.07, 6.45) is 1.89. The van der Waals surface area contributed by atoms with Gasteiger partial charge in [-0.15, -0.1) is 0 Å². The maximum Gasteiger partial charge on any atom is 0.409 e. The first-order valence-corrected chi connectivity index (χ1v) is 9.89. The van der Waals surface area contributed by atoms with E-state index in [-0.39, 0.29) is 16.9 Å². The number of nitrogens with one attached hydrogen (secondary N) is 1. The van der Waals surface area contributed by atoms with Gasteiger partial charge in [0.15, 0.2) is 0 Å². The van der Waals surface area contributed by atoms with E-state index in [1.807, 2.05) is 13.0 Å². The van der Waals surface area contributed by atoms with Crippen molar-refractivity contribution < 1.29 is 22.7 Å². The van der Waals surface area contributed by atoms with Gasteiger partial charge in [0.1, 0.15) is 10.6 Å². The highest BCUT2D eigenvalue weighted by atomic mass is 32.2. The van der Waals surface area contributed by atoms with E-state index in [1.165, 1.54) is 14.2 Å². The summed E-state index contributed by atoms with van der Waals surface area (Å²) in [7, 11) is -0.827. The van der Waals surface area contributed by atoms with Crippen LogP contribution in [0.5, 0.6) is 5.75 Å². The fraction of sp³-hybridized carbons (Fsp3) is 0.588. The van der Waals surface area contributed by atoms with Gasteiger partial charge < -0.3 is 14.4 Å². The molecule has 0 saturated carbocycles. The molecule has 1 saturated heterocycles. The molecule has 0 atom stereocenters. The molecule has 0 radical (unpaired) electrons. The highest BCUT2D eigenvalue weighted by Crippen LogP contribution is 2.25. The SMILES string of the molecule is CCc1ccc(OC)c(S(=O)(=O)NCC2CCN(C(=O)OC)CC2)c1. The minimum absolute atomic E-state index is 0.168. The molecule has 0 spiro atoms. The molecular weight excluding hydrogens is 344 g/mol. The van der Waals surface area contributed by atoms with E-state index >= 15 is 0 Å². The van der Waals surface area contributed by atoms with Gasteiger partial charge in [0, 0.05) is 19.6 Å². The van der Waals surface area contributed by atoms with Crippen molar-refractivity contribution in [2.24, 2.45) is 5.92 Å². The molecule has 0 aliphatic carbocycles. The Labute approximate surface area is 149 Å². The zero-order valence-electron chi connectivity index (χ0n) is 14.9. The molecule has 1 N–H and O–H groups in total. The van der Waals surface area contributed by atoms with Crippen LogP contribution in [-0.4, -0.2) is 53.3 Å². The van der Waals surface area contributed by atoms with Crippen LogP contribution in [0.25, 0.3) is 0 Å². The third-order valence-electron chi connectivity index (χ3n) is 4.54. The summed E-state index contributed by atoms with van der Waals surface area (Å²) in [6, 6.07) is 5.20. The molecule has 0 bridgehead atoms. The lowest BCUT2D eigenvalue weighted by Gasteiger charge is -2.30. The number of ether oxygens (including phenoxy) is 2. The van der Waals surface area contributed by atoms with Crippen molar-refractivity contribution in [2.75, 3.05) is 33.9 Å². The number of methoxy groups -OCH3 is 2. The van der Waals surface area contributed by atoms with Gasteiger partial charge >= 0.3 is 6.09 Å². The molecule has 7 nitrogen and oxygen atoms in total. The van der Waals surface area contributed by atoms with E-state index in [2.05, 4.69) is 4.72 Å². The monoisotopic (exact) mass is 370 g/mol. The van der Waals surface area contributed by atoms with Gasteiger partial charge in [-0.1, -0.05) is 13.0 Å². The highest BCUT2D eigenvalue weighted by molar-refractivity contribution is 7.89. The van der Waals surface area contributed by atoms with Crippen molar-refractivity contribution in [3.63, 3.8) is 0 Å². The number of carbonyl (C=O) groups excluding carboxylic acids is 1. The van der Waals surface area contributed by atoms with Crippen LogP contribution in [0.2, 0.25) is 0 Å². The number of rotatable bonds is 6. The number of likely N-dealkylation sites (tertiary alicyclic amines) is 1. The van der Waals surface area contributed by atoms with Gasteiger partial charge in [0.05, 0.1) is 14.2 Å². The Bertz CT molecular complexity index is 697. The number of piperidine rings is 1. The molecule has 1 aromatic rings. The Kier molecular flexibility index (Phi) is 6.66. The lowest BCUT2D eigenvalue weighted by atomic mass is 9.97. The summed E-state index contributed by atoms with van der Waals surface area (Å²) in [5, 5.41) is 0. The molecule has 8 heteroatoms. The van der Waals surface area contributed by atoms with Crippen LogP contribution in [0.15, 0.2) is 23.1 Å². The molecule has 2 rings (SSSR count). The maximum atomic E-state index is 12.7. The standard InChI is InChI=1S/C17H26N2O5S/c1-4-13-5-6-15(23-2)16(11-13)25(21,22)18-12-14-7-9-19(10-8-14)17(20)24-3/h5-6,11,14,18H,4,7-10,12H2,1-3H3. The molecule has 1 aliphatic rings. The second-order valence-corrected chi connectivity index (χ2v) is 7.83. The van der Waals surface area contributed by atoms with Crippen molar-refractivity contribution in [3.8, 4) is 5.75 Å². The Morgan fingerprint density at radius 2 is 1.96 bits per heavy atom. The predicted octanol–water partition coefficient (Wildman–Crippen LogP) is 2.01. The third kappa shape index (κ3) is 4.85. The van der Waals surface area contributed by atoms with E-state index in [0.717, 1.165) is 24.8 Å². The molecule has 0 aromatic heterocycles. The van der Waals surface area contributed by atoms with Gasteiger partial charge in [-0.2, -0.15) is 0 Å². The zero-order chi connectivity index (χ0) is 18.4. The van der Waals surface area contributed by atoms with Crippen molar-refractivity contribution in [1.82, 2.24) is 9.62 Å². The first-order chi connectivity index (χ1) is 11.9. The number of aryl methyl sites for hydroxylation is 1. The van der Waals surface area contributed by atoms with E-state index in [0.29, 0.717) is 25.4 Å². The Morgan fingerprint density at radius 1 is 1.28 bits per heavy atom. The average molecular weight is 370 g/mol. The van der Waals surface area contributed by atoms with Gasteiger partial charge in [0.25, 0.3) is 0 Å². The summed E-state index contributed by atoms with van der Waals surface area (Å²) in [6.45, 7) is 3.47. The summed E-state index contributed by atoms with van der Waals surface area (Å²) >= 11 is 0. The largest absolute Gasteiger partial charge is 0.495 e. The van der Waals surface area contributed by atoms with Crippen LogP contribution in [-0.2, 0) is 21.2 Å². The summed E-state index contributed by atoms with van der Waals surface area (Å²) < 4.78 is 37.9. The van der Waals surface area contributed by atoms with Crippen LogP contribution < -0.4 is 9.46 Å². The fourth-order valence-electron chi connectivity index (χ4n) is 2.91. The molecule has 25 heavy (non-hydrogen) atoms. The normalized spacial score (nSPS) is 15.9. The number of carbonyl (C=O) groups is 1. The van der Waals surface area contributed by atoms with Gasteiger partial charge in [-0.25, -0.2) is 17.9 Å². The summed E-state index contributed by atoms with van der Waals surface area (Å²) in [5.74, 6) is 0.529. The van der Waals surface area contributed by atoms with Crippen LogP contribution in [0.4, 0.5) is 4.79 Å². The smallest absolute Gasteiger partial charge is 0.409 e. The molecule has 1 fully saturated rings. The lowest BCUT2D eigenvalue weighted by Crippen LogP contribution is -2.41. The second-order valence-electron chi connectivity index (χ2n) is 6.09. The van der Waals surface area contributed by atoms with Crippen molar-refractivity contribution in [3.05, 3.63) is 23.8 Å². The van der Waals surface area contributed by atoms with E-state index in [9.17, 15) is 13.2 Å². The molecule has 0 unspecified atom stereocenters. The Balaban J connectivity index is 2.00. The van der Waals surface area contributed by atoms with Crippen LogP contribution >= 0.6 is 0 Å². The summed E-state index contributed by atoms with van der Waals surface area (Å²) in [5.41, 5.74) is 0.938. The maximum absolute atomic E-state index is 12.7. The fourth-order valence-corrected chi connectivity index (χ4v) is 4.24. The second kappa shape index (κ2) is 8.53. The lowest BCUT2D eigenvalue weighted by molar-refractivity contribution is 0.106. The van der Waals surface area contributed by atoms with E-state index in [1.54, 1.807) is 17.0 Å². The third-order valence-corrected chi connectivity index (χ3v) is 5.98. The molecule has 1 aliphatic heterocycles. The van der Waals surface area contributed by atoms with Crippen LogP contribution in [0.3, 0.4) is 0 Å². The summed E-state index contributed by atoms with van der Waals surface area (Å²) in [4.78, 5) is 13.3. The Morgan fingerprint density at radius 3 is 2.52 bits per heavy atom. The quantitative estimate of drug-likeness (QED) is 0.828. The van der Waals surface area contributed by atoms with E-state index < -0.39 is 10.0 Å². The van der Waals surface area contributed by atoms with Gasteiger partial charge in [-0.05, 0) is 42.9 Å². The van der Waals surface area contributed by atoms with Crippen LogP contribution in [0, 0.1) is 5.92 Å². The minimum Gasteiger partial charge on any atom is -0.495 e. The molecule has 1 amide bonds. The molecule has 140 valence electrons. The molecule has 1 heterocycles. The van der Waals surface area contributed by atoms with Crippen molar-refractivity contribution >= 4 is 16.1 Å². The number of hydrogen-bond donors (Lipinski definition) is 1. The van der Waals surface area contributed by atoms with Gasteiger partial charge in [-0.3, -0.25) is 0 Å². The topological polar surface area (TPSA) is 84.9 Å². The van der Waals surface area contributed by atoms with Crippen LogP contribution in [0.1, 0.15) is 25.3 Å². The zero-order valence-corrected chi connectivity index (χ0v) is 15.8.